The Labute approximate surface area is 124 Å². The fourth-order valence-corrected chi connectivity index (χ4v) is 2.38. The van der Waals surface area contributed by atoms with E-state index in [-0.39, 0.29) is 0 Å². The lowest BCUT2D eigenvalue weighted by molar-refractivity contribution is 0.586. The quantitative estimate of drug-likeness (QED) is 0.614. The second kappa shape index (κ2) is 6.72. The highest BCUT2D eigenvalue weighted by molar-refractivity contribution is 7.88. The summed E-state index contributed by atoms with van der Waals surface area (Å²) >= 11 is 0. The van der Waals surface area contributed by atoms with Crippen molar-refractivity contribution in [1.82, 2.24) is 19.1 Å². The van der Waals surface area contributed by atoms with E-state index in [4.69, 9.17) is 0 Å². The lowest BCUT2D eigenvalue weighted by Gasteiger charge is -2.10. The molecule has 0 aliphatic rings. The maximum atomic E-state index is 11.0. The summed E-state index contributed by atoms with van der Waals surface area (Å²) in [4.78, 5) is 8.72. The summed E-state index contributed by atoms with van der Waals surface area (Å²) in [5.41, 5.74) is 0.743. The molecule has 0 saturated carbocycles. The molecule has 2 rings (SSSR count). The van der Waals surface area contributed by atoms with E-state index >= 15 is 0 Å². The molecule has 0 saturated heterocycles. The summed E-state index contributed by atoms with van der Waals surface area (Å²) in [6.45, 7) is 3.78. The van der Waals surface area contributed by atoms with Crippen LogP contribution in [0.1, 0.15) is 13.3 Å². The van der Waals surface area contributed by atoms with Crippen molar-refractivity contribution in [3.05, 3.63) is 18.6 Å². The lowest BCUT2D eigenvalue weighted by atomic mass is 10.4. The minimum absolute atomic E-state index is 0.392. The van der Waals surface area contributed by atoms with Crippen molar-refractivity contribution < 1.29 is 8.42 Å². The molecule has 0 radical (unpaired) electrons. The fraction of sp³-hybridized carbons (Fsp3) is 0.500. The molecule has 0 aliphatic carbocycles. The number of rotatable bonds is 8. The van der Waals surface area contributed by atoms with Gasteiger partial charge < -0.3 is 15.0 Å². The van der Waals surface area contributed by atoms with E-state index in [0.29, 0.717) is 25.3 Å². The highest BCUT2D eigenvalue weighted by atomic mass is 32.2. The number of imidazole rings is 1. The molecular formula is C12H20N6O2S. The van der Waals surface area contributed by atoms with E-state index in [1.807, 2.05) is 23.7 Å². The first-order valence-electron chi connectivity index (χ1n) is 6.75. The average molecular weight is 312 g/mol. The predicted octanol–water partition coefficient (Wildman–Crippen LogP) is 0.512. The maximum Gasteiger partial charge on any atom is 0.208 e. The monoisotopic (exact) mass is 312 g/mol. The smallest absolute Gasteiger partial charge is 0.208 e. The first kappa shape index (κ1) is 15.5. The van der Waals surface area contributed by atoms with Crippen LogP contribution in [0.15, 0.2) is 18.6 Å². The molecule has 21 heavy (non-hydrogen) atoms. The number of aromatic nitrogens is 3. The van der Waals surface area contributed by atoms with Crippen molar-refractivity contribution in [2.75, 3.05) is 36.5 Å². The molecule has 0 aliphatic heterocycles. The van der Waals surface area contributed by atoms with Gasteiger partial charge in [-0.2, -0.15) is 0 Å². The van der Waals surface area contributed by atoms with Crippen molar-refractivity contribution in [3.63, 3.8) is 0 Å². The molecule has 0 fully saturated rings. The van der Waals surface area contributed by atoms with Crippen LogP contribution in [0, 0.1) is 0 Å². The Hall–Kier alpha value is -1.87. The zero-order valence-electron chi connectivity index (χ0n) is 12.1. The van der Waals surface area contributed by atoms with Crippen LogP contribution < -0.4 is 15.4 Å². The Bertz CT molecular complexity index is 697. The Morgan fingerprint density at radius 1 is 1.29 bits per heavy atom. The van der Waals surface area contributed by atoms with Gasteiger partial charge in [-0.05, 0) is 13.3 Å². The van der Waals surface area contributed by atoms with Gasteiger partial charge in [0, 0.05) is 32.0 Å². The van der Waals surface area contributed by atoms with Gasteiger partial charge in [-0.15, -0.1) is 0 Å². The van der Waals surface area contributed by atoms with Crippen LogP contribution in [-0.2, 0) is 10.0 Å². The molecule has 0 spiro atoms. The molecule has 9 heteroatoms. The zero-order chi connectivity index (χ0) is 15.3. The van der Waals surface area contributed by atoms with Crippen LogP contribution in [0.5, 0.6) is 0 Å². The van der Waals surface area contributed by atoms with Gasteiger partial charge in [-0.3, -0.25) is 0 Å². The van der Waals surface area contributed by atoms with Gasteiger partial charge in [-0.25, -0.2) is 23.1 Å². The molecule has 0 atom stereocenters. The molecule has 116 valence electrons. The Morgan fingerprint density at radius 2 is 2.10 bits per heavy atom. The van der Waals surface area contributed by atoms with E-state index in [1.54, 1.807) is 6.20 Å². The summed E-state index contributed by atoms with van der Waals surface area (Å²) in [6, 6.07) is 0. The van der Waals surface area contributed by atoms with Crippen LogP contribution >= 0.6 is 0 Å². The van der Waals surface area contributed by atoms with Gasteiger partial charge in [0.2, 0.25) is 10.0 Å². The number of nitrogens with zero attached hydrogens (tertiary/aromatic N) is 3. The lowest BCUT2D eigenvalue weighted by Crippen LogP contribution is -2.24. The standard InChI is InChI=1S/C12H20N6O2S/c1-3-13-10-9-18-8-7-15-12(18)11(17-10)14-5-4-6-16-21(2,19)20/h7-9,13,16H,3-6H2,1-2H3,(H,14,17). The molecule has 2 aromatic heterocycles. The molecule has 0 unspecified atom stereocenters. The third-order valence-electron chi connectivity index (χ3n) is 2.74. The van der Waals surface area contributed by atoms with Crippen molar-refractivity contribution in [1.29, 1.82) is 0 Å². The van der Waals surface area contributed by atoms with E-state index < -0.39 is 10.0 Å². The normalized spacial score (nSPS) is 11.7. The van der Waals surface area contributed by atoms with Crippen LogP contribution in [0.25, 0.3) is 5.65 Å². The third kappa shape index (κ3) is 4.57. The van der Waals surface area contributed by atoms with Gasteiger partial charge in [0.15, 0.2) is 11.5 Å². The van der Waals surface area contributed by atoms with Crippen LogP contribution in [-0.4, -0.2) is 48.7 Å². The second-order valence-corrected chi connectivity index (χ2v) is 6.44. The first-order valence-corrected chi connectivity index (χ1v) is 8.65. The number of anilines is 2. The van der Waals surface area contributed by atoms with Crippen molar-refractivity contribution in [2.24, 2.45) is 0 Å². The number of nitrogens with one attached hydrogen (secondary N) is 3. The molecule has 3 N–H and O–H groups in total. The molecule has 2 aromatic rings. The minimum Gasteiger partial charge on any atom is -0.369 e. The molecule has 8 nitrogen and oxygen atoms in total. The van der Waals surface area contributed by atoms with Gasteiger partial charge in [0.25, 0.3) is 0 Å². The van der Waals surface area contributed by atoms with Crippen molar-refractivity contribution >= 4 is 27.3 Å². The number of hydrogen-bond donors (Lipinski definition) is 3. The fourth-order valence-electron chi connectivity index (χ4n) is 1.87. The highest BCUT2D eigenvalue weighted by Gasteiger charge is 2.07. The Morgan fingerprint density at radius 3 is 2.81 bits per heavy atom. The maximum absolute atomic E-state index is 11.0. The Kier molecular flexibility index (Phi) is 4.97. The summed E-state index contributed by atoms with van der Waals surface area (Å²) in [6.07, 6.45) is 7.25. The van der Waals surface area contributed by atoms with Crippen LogP contribution in [0.4, 0.5) is 11.6 Å². The first-order chi connectivity index (χ1) is 9.99. The zero-order valence-corrected chi connectivity index (χ0v) is 12.9. The van der Waals surface area contributed by atoms with E-state index in [1.165, 1.54) is 0 Å². The summed E-state index contributed by atoms with van der Waals surface area (Å²) in [7, 11) is -3.13. The van der Waals surface area contributed by atoms with Crippen molar-refractivity contribution in [3.8, 4) is 0 Å². The summed E-state index contributed by atoms with van der Waals surface area (Å²) in [5, 5.41) is 6.35. The van der Waals surface area contributed by atoms with Gasteiger partial charge in [-0.1, -0.05) is 0 Å². The topological polar surface area (TPSA) is 100 Å². The van der Waals surface area contributed by atoms with Gasteiger partial charge in [0.1, 0.15) is 5.82 Å². The number of sulfonamides is 1. The Balaban J connectivity index is 1.98. The molecular weight excluding hydrogens is 292 g/mol. The predicted molar refractivity (Wildman–Crippen MR) is 83.1 cm³/mol. The third-order valence-corrected chi connectivity index (χ3v) is 3.47. The highest BCUT2D eigenvalue weighted by Crippen LogP contribution is 2.16. The summed E-state index contributed by atoms with van der Waals surface area (Å²) < 4.78 is 26.3. The van der Waals surface area contributed by atoms with Crippen LogP contribution in [0.3, 0.4) is 0 Å². The number of hydrogen-bond acceptors (Lipinski definition) is 6. The molecule has 0 amide bonds. The van der Waals surface area contributed by atoms with Crippen LogP contribution in [0.2, 0.25) is 0 Å². The SMILES string of the molecule is CCNc1cn2ccnc2c(NCCCNS(C)(=O)=O)n1. The molecule has 2 heterocycles. The van der Waals surface area contributed by atoms with E-state index in [2.05, 4.69) is 25.3 Å². The van der Waals surface area contributed by atoms with E-state index in [0.717, 1.165) is 24.3 Å². The second-order valence-electron chi connectivity index (χ2n) is 4.61. The van der Waals surface area contributed by atoms with Crippen molar-refractivity contribution in [2.45, 2.75) is 13.3 Å². The number of fused-ring (bicyclic) bond motifs is 1. The molecule has 0 aromatic carbocycles. The van der Waals surface area contributed by atoms with Gasteiger partial charge >= 0.3 is 0 Å². The van der Waals surface area contributed by atoms with E-state index in [9.17, 15) is 8.42 Å². The average Bonchev–Trinajstić information content (AvgIpc) is 2.85. The largest absolute Gasteiger partial charge is 0.369 e. The minimum atomic E-state index is -3.13. The van der Waals surface area contributed by atoms with Gasteiger partial charge in [0.05, 0.1) is 12.5 Å². The molecule has 0 bridgehead atoms. The summed E-state index contributed by atoms with van der Waals surface area (Å²) in [5.74, 6) is 1.44.